The highest BCUT2D eigenvalue weighted by molar-refractivity contribution is 5.06. The zero-order valence-corrected chi connectivity index (χ0v) is 5.79. The molecule has 5 N–H and O–H groups in total. The summed E-state index contributed by atoms with van der Waals surface area (Å²) in [4.78, 5) is 0. The summed E-state index contributed by atoms with van der Waals surface area (Å²) in [6, 6.07) is 0. The Morgan fingerprint density at radius 2 is 2.20 bits per heavy atom. The smallest absolute Gasteiger partial charge is 0.141 e. The number of nitrogens with zero attached hydrogens (tertiary/aromatic N) is 1. The van der Waals surface area contributed by atoms with Gasteiger partial charge in [-0.1, -0.05) is 6.58 Å². The summed E-state index contributed by atoms with van der Waals surface area (Å²) < 4.78 is 0. The standard InChI is InChI=1S/C5H11N4O/c1-3-8-4(6)5(7)9(2)10/h3,8H,1,6-7H2,2H3/q-1/b5-4+. The van der Waals surface area contributed by atoms with E-state index >= 15 is 0 Å². The summed E-state index contributed by atoms with van der Waals surface area (Å²) in [7, 11) is 1.26. The number of nitrogens with one attached hydrogen (secondary N) is 1. The van der Waals surface area contributed by atoms with Crippen LogP contribution in [0.4, 0.5) is 0 Å². The Balaban J connectivity index is 4.18. The quantitative estimate of drug-likeness (QED) is 0.450. The average Bonchev–Trinajstić information content (AvgIpc) is 1.87. The molecule has 0 unspecified atom stereocenters. The van der Waals surface area contributed by atoms with E-state index in [-0.39, 0.29) is 11.6 Å². The van der Waals surface area contributed by atoms with Crippen LogP contribution in [-0.4, -0.2) is 12.1 Å². The molecule has 0 aromatic heterocycles. The molecule has 0 bridgehead atoms. The summed E-state index contributed by atoms with van der Waals surface area (Å²) in [5, 5.41) is 13.4. The van der Waals surface area contributed by atoms with Crippen molar-refractivity contribution in [3.8, 4) is 0 Å². The lowest BCUT2D eigenvalue weighted by atomic mass is 10.6. The summed E-state index contributed by atoms with van der Waals surface area (Å²) in [6.07, 6.45) is 1.34. The molecule has 0 radical (unpaired) electrons. The zero-order chi connectivity index (χ0) is 8.15. The van der Waals surface area contributed by atoms with E-state index in [0.29, 0.717) is 5.06 Å². The first kappa shape index (κ1) is 8.64. The van der Waals surface area contributed by atoms with Gasteiger partial charge in [-0.2, -0.15) is 0 Å². The van der Waals surface area contributed by atoms with E-state index in [1.54, 1.807) is 0 Å². The maximum atomic E-state index is 10.4. The molecule has 0 atom stereocenters. The van der Waals surface area contributed by atoms with Crippen LogP contribution in [0.15, 0.2) is 24.4 Å². The molecule has 0 aromatic carbocycles. The number of rotatable bonds is 3. The second kappa shape index (κ2) is 3.62. The molecule has 0 saturated carbocycles. The normalized spacial score (nSPS) is 11.8. The Hall–Kier alpha value is -1.36. The molecule has 5 heteroatoms. The molecule has 0 saturated heterocycles. The van der Waals surface area contributed by atoms with Gasteiger partial charge in [-0.25, -0.2) is 0 Å². The number of hydrogen-bond donors (Lipinski definition) is 3. The van der Waals surface area contributed by atoms with Crippen LogP contribution in [0.2, 0.25) is 0 Å². The molecule has 0 aliphatic heterocycles. The van der Waals surface area contributed by atoms with Gasteiger partial charge in [0.15, 0.2) is 0 Å². The van der Waals surface area contributed by atoms with Crippen LogP contribution in [0.3, 0.4) is 0 Å². The third kappa shape index (κ3) is 2.27. The maximum Gasteiger partial charge on any atom is 0.141 e. The maximum absolute atomic E-state index is 10.4. The Bertz CT molecular complexity index is 152. The molecule has 0 rings (SSSR count). The summed E-state index contributed by atoms with van der Waals surface area (Å²) in [5.41, 5.74) is 10.5. The fraction of sp³-hybridized carbons (Fsp3) is 0.200. The summed E-state index contributed by atoms with van der Waals surface area (Å²) in [6.45, 7) is 3.34. The molecular weight excluding hydrogens is 132 g/mol. The number of hydroxylamine groups is 2. The van der Waals surface area contributed by atoms with Crippen LogP contribution in [0.5, 0.6) is 0 Å². The van der Waals surface area contributed by atoms with Crippen molar-refractivity contribution in [1.82, 2.24) is 10.4 Å². The minimum atomic E-state index is -0.0556. The van der Waals surface area contributed by atoms with Crippen molar-refractivity contribution >= 4 is 0 Å². The van der Waals surface area contributed by atoms with Crippen molar-refractivity contribution in [2.45, 2.75) is 0 Å². The third-order valence-corrected chi connectivity index (χ3v) is 0.873. The average molecular weight is 143 g/mol. The Labute approximate surface area is 59.6 Å². The SMILES string of the molecule is C=CN/C(N)=C(\N)N(C)[O-]. The van der Waals surface area contributed by atoms with E-state index in [2.05, 4.69) is 11.9 Å². The predicted octanol–water partition coefficient (Wildman–Crippen LogP) is -0.807. The van der Waals surface area contributed by atoms with Gasteiger partial charge >= 0.3 is 0 Å². The van der Waals surface area contributed by atoms with Crippen molar-refractivity contribution < 1.29 is 0 Å². The van der Waals surface area contributed by atoms with Gasteiger partial charge in [0.05, 0.1) is 0 Å². The van der Waals surface area contributed by atoms with Crippen LogP contribution in [0, 0.1) is 5.21 Å². The number of hydrogen-bond acceptors (Lipinski definition) is 5. The highest BCUT2D eigenvalue weighted by Crippen LogP contribution is 1.90. The monoisotopic (exact) mass is 143 g/mol. The molecule has 0 heterocycles. The van der Waals surface area contributed by atoms with E-state index < -0.39 is 0 Å². The highest BCUT2D eigenvalue weighted by atomic mass is 16.5. The van der Waals surface area contributed by atoms with E-state index in [1.165, 1.54) is 13.2 Å². The van der Waals surface area contributed by atoms with Gasteiger partial charge in [0.2, 0.25) is 0 Å². The second-order valence-electron chi connectivity index (χ2n) is 1.64. The number of nitrogens with two attached hydrogens (primary N) is 2. The fourth-order valence-corrected chi connectivity index (χ4v) is 0.354. The van der Waals surface area contributed by atoms with Crippen molar-refractivity contribution in [3.05, 3.63) is 29.6 Å². The molecule has 0 amide bonds. The largest absolute Gasteiger partial charge is 0.757 e. The van der Waals surface area contributed by atoms with Gasteiger partial charge < -0.3 is 27.1 Å². The molecule has 0 spiro atoms. The Kier molecular flexibility index (Phi) is 3.13. The minimum absolute atomic E-state index is 0.0556. The van der Waals surface area contributed by atoms with E-state index in [1.807, 2.05) is 0 Å². The molecule has 0 aromatic rings. The molecular formula is C5H11N4O-. The van der Waals surface area contributed by atoms with Crippen LogP contribution in [0.25, 0.3) is 0 Å². The minimum Gasteiger partial charge on any atom is -0.757 e. The van der Waals surface area contributed by atoms with Crippen molar-refractivity contribution in [2.75, 3.05) is 7.05 Å². The van der Waals surface area contributed by atoms with E-state index in [9.17, 15) is 5.21 Å². The Morgan fingerprint density at radius 1 is 1.70 bits per heavy atom. The fourth-order valence-electron chi connectivity index (χ4n) is 0.354. The second-order valence-corrected chi connectivity index (χ2v) is 1.64. The lowest BCUT2D eigenvalue weighted by Gasteiger charge is -2.25. The van der Waals surface area contributed by atoms with Crippen molar-refractivity contribution in [2.24, 2.45) is 11.5 Å². The van der Waals surface area contributed by atoms with Gasteiger partial charge in [-0.15, -0.1) is 0 Å². The first-order valence-electron chi connectivity index (χ1n) is 2.63. The van der Waals surface area contributed by atoms with Gasteiger partial charge in [0, 0.05) is 0 Å². The Morgan fingerprint density at radius 3 is 2.50 bits per heavy atom. The van der Waals surface area contributed by atoms with Crippen LogP contribution >= 0.6 is 0 Å². The topological polar surface area (TPSA) is 90.4 Å². The highest BCUT2D eigenvalue weighted by Gasteiger charge is 1.92. The van der Waals surface area contributed by atoms with Gasteiger partial charge in [-0.3, -0.25) is 0 Å². The van der Waals surface area contributed by atoms with E-state index in [0.717, 1.165) is 0 Å². The van der Waals surface area contributed by atoms with Crippen molar-refractivity contribution in [3.63, 3.8) is 0 Å². The molecule has 10 heavy (non-hydrogen) atoms. The van der Waals surface area contributed by atoms with Crippen LogP contribution in [0.1, 0.15) is 0 Å². The zero-order valence-electron chi connectivity index (χ0n) is 5.79. The molecule has 0 aliphatic carbocycles. The lowest BCUT2D eigenvalue weighted by molar-refractivity contribution is 0.548. The van der Waals surface area contributed by atoms with Crippen LogP contribution < -0.4 is 16.8 Å². The van der Waals surface area contributed by atoms with Gasteiger partial charge in [0.25, 0.3) is 0 Å². The summed E-state index contributed by atoms with van der Waals surface area (Å²) >= 11 is 0. The third-order valence-electron chi connectivity index (χ3n) is 0.873. The molecule has 58 valence electrons. The van der Waals surface area contributed by atoms with Gasteiger partial charge in [0.1, 0.15) is 11.6 Å². The first-order chi connectivity index (χ1) is 4.59. The molecule has 5 nitrogen and oxygen atoms in total. The summed E-state index contributed by atoms with van der Waals surface area (Å²) in [5.74, 6) is 0.0485. The van der Waals surface area contributed by atoms with E-state index in [4.69, 9.17) is 11.5 Å². The first-order valence-corrected chi connectivity index (χ1v) is 2.63. The van der Waals surface area contributed by atoms with Gasteiger partial charge in [-0.05, 0) is 13.2 Å². The van der Waals surface area contributed by atoms with Crippen LogP contribution in [-0.2, 0) is 0 Å². The predicted molar refractivity (Wildman–Crippen MR) is 39.9 cm³/mol. The molecule has 0 fully saturated rings. The molecule has 0 aliphatic rings. The lowest BCUT2D eigenvalue weighted by Crippen LogP contribution is -2.27. The van der Waals surface area contributed by atoms with Crippen molar-refractivity contribution in [1.29, 1.82) is 0 Å².